The summed E-state index contributed by atoms with van der Waals surface area (Å²) in [5.74, 6) is 0. The van der Waals surface area contributed by atoms with Crippen molar-refractivity contribution in [1.82, 2.24) is 0 Å². The lowest BCUT2D eigenvalue weighted by Crippen LogP contribution is -2.48. The standard InChI is InChI=1S/C18H25N2O4P/c1-11-5-12(2)8-15(7-11)17(19)18(20,24-25(21,22)23)16-9-13(3)6-14(4)10-16/h5-10,17H,19-20H2,1-4H3,(H2,21,22,23)/t17-,18-/m1/s1. The van der Waals surface area contributed by atoms with Gasteiger partial charge in [0.25, 0.3) is 0 Å². The molecule has 0 heterocycles. The maximum absolute atomic E-state index is 11.6. The monoisotopic (exact) mass is 364 g/mol. The van der Waals surface area contributed by atoms with E-state index < -0.39 is 19.6 Å². The first-order chi connectivity index (χ1) is 11.4. The highest BCUT2D eigenvalue weighted by atomic mass is 31.2. The fourth-order valence-corrected chi connectivity index (χ4v) is 3.74. The Labute approximate surface area is 148 Å². The van der Waals surface area contributed by atoms with Crippen LogP contribution in [0.1, 0.15) is 39.4 Å². The van der Waals surface area contributed by atoms with Crippen LogP contribution >= 0.6 is 7.82 Å². The fraction of sp³-hybridized carbons (Fsp3) is 0.333. The highest BCUT2D eigenvalue weighted by Gasteiger charge is 2.42. The Morgan fingerprint density at radius 1 is 0.920 bits per heavy atom. The summed E-state index contributed by atoms with van der Waals surface area (Å²) >= 11 is 0. The molecule has 0 saturated carbocycles. The summed E-state index contributed by atoms with van der Waals surface area (Å²) in [6.45, 7) is 7.58. The number of benzene rings is 2. The van der Waals surface area contributed by atoms with Gasteiger partial charge in [-0.3, -0.25) is 10.3 Å². The Kier molecular flexibility index (Phi) is 5.54. The second-order valence-corrected chi connectivity index (χ2v) is 7.81. The molecule has 0 aliphatic heterocycles. The molecular weight excluding hydrogens is 339 g/mol. The van der Waals surface area contributed by atoms with E-state index in [-0.39, 0.29) is 0 Å². The quantitative estimate of drug-likeness (QED) is 0.478. The van der Waals surface area contributed by atoms with Gasteiger partial charge in [0.15, 0.2) is 5.72 Å². The Balaban J connectivity index is 2.63. The van der Waals surface area contributed by atoms with Gasteiger partial charge >= 0.3 is 7.82 Å². The molecule has 0 fully saturated rings. The molecule has 0 aromatic heterocycles. The van der Waals surface area contributed by atoms with E-state index in [1.54, 1.807) is 12.1 Å². The van der Waals surface area contributed by atoms with Gasteiger partial charge in [0, 0.05) is 5.56 Å². The van der Waals surface area contributed by atoms with Crippen LogP contribution in [-0.4, -0.2) is 9.79 Å². The van der Waals surface area contributed by atoms with Crippen molar-refractivity contribution in [3.63, 3.8) is 0 Å². The van der Waals surface area contributed by atoms with Crippen LogP contribution in [-0.2, 0) is 14.8 Å². The first kappa shape index (κ1) is 19.8. The highest BCUT2D eigenvalue weighted by Crippen LogP contribution is 2.47. The van der Waals surface area contributed by atoms with Crippen molar-refractivity contribution in [1.29, 1.82) is 0 Å². The zero-order valence-corrected chi connectivity index (χ0v) is 15.7. The molecular formula is C18H25N2O4P. The van der Waals surface area contributed by atoms with Gasteiger partial charge in [-0.1, -0.05) is 58.7 Å². The van der Waals surface area contributed by atoms with Gasteiger partial charge in [0.1, 0.15) is 0 Å². The molecule has 0 saturated heterocycles. The zero-order chi connectivity index (χ0) is 19.0. The van der Waals surface area contributed by atoms with Crippen LogP contribution in [0.5, 0.6) is 0 Å². The predicted molar refractivity (Wildman–Crippen MR) is 97.8 cm³/mol. The molecule has 2 aromatic carbocycles. The van der Waals surface area contributed by atoms with Crippen LogP contribution in [0.4, 0.5) is 0 Å². The molecule has 136 valence electrons. The molecule has 6 N–H and O–H groups in total. The lowest BCUT2D eigenvalue weighted by Gasteiger charge is -2.36. The van der Waals surface area contributed by atoms with E-state index in [4.69, 9.17) is 16.0 Å². The molecule has 0 radical (unpaired) electrons. The Bertz CT molecular complexity index is 793. The van der Waals surface area contributed by atoms with Gasteiger partial charge < -0.3 is 15.5 Å². The lowest BCUT2D eigenvalue weighted by atomic mass is 9.88. The summed E-state index contributed by atoms with van der Waals surface area (Å²) in [5, 5.41) is 0. The summed E-state index contributed by atoms with van der Waals surface area (Å²) in [6.07, 6.45) is 0. The van der Waals surface area contributed by atoms with Crippen LogP contribution in [0, 0.1) is 27.7 Å². The number of phosphoric acid groups is 1. The van der Waals surface area contributed by atoms with E-state index in [0.29, 0.717) is 11.1 Å². The van der Waals surface area contributed by atoms with Crippen LogP contribution in [0.2, 0.25) is 0 Å². The van der Waals surface area contributed by atoms with E-state index in [0.717, 1.165) is 22.3 Å². The third kappa shape index (κ3) is 4.76. The van der Waals surface area contributed by atoms with E-state index in [1.165, 1.54) is 0 Å². The first-order valence-electron chi connectivity index (χ1n) is 7.88. The second-order valence-electron chi connectivity index (χ2n) is 6.65. The van der Waals surface area contributed by atoms with Gasteiger partial charge in [-0.15, -0.1) is 0 Å². The molecule has 2 atom stereocenters. The number of hydrogen-bond acceptors (Lipinski definition) is 4. The average molecular weight is 364 g/mol. The minimum Gasteiger partial charge on any atom is -0.320 e. The highest BCUT2D eigenvalue weighted by molar-refractivity contribution is 7.46. The van der Waals surface area contributed by atoms with Crippen molar-refractivity contribution in [2.45, 2.75) is 39.5 Å². The molecule has 0 spiro atoms. The Morgan fingerprint density at radius 2 is 1.32 bits per heavy atom. The maximum atomic E-state index is 11.6. The van der Waals surface area contributed by atoms with Crippen LogP contribution in [0.15, 0.2) is 36.4 Å². The zero-order valence-electron chi connectivity index (χ0n) is 14.9. The smallest absolute Gasteiger partial charge is 0.320 e. The fourth-order valence-electron chi connectivity index (χ4n) is 3.12. The van der Waals surface area contributed by atoms with Crippen LogP contribution in [0.3, 0.4) is 0 Å². The molecule has 2 rings (SSSR count). The third-order valence-electron chi connectivity index (χ3n) is 4.01. The molecule has 0 aliphatic rings. The molecule has 0 amide bonds. The number of aryl methyl sites for hydroxylation is 4. The van der Waals surface area contributed by atoms with Crippen molar-refractivity contribution < 1.29 is 18.9 Å². The topological polar surface area (TPSA) is 119 Å². The van der Waals surface area contributed by atoms with Crippen molar-refractivity contribution in [3.8, 4) is 0 Å². The Hall–Kier alpha value is -1.53. The summed E-state index contributed by atoms with van der Waals surface area (Å²) in [5.41, 5.74) is 15.7. The number of nitrogens with two attached hydrogens (primary N) is 2. The summed E-state index contributed by atoms with van der Waals surface area (Å²) < 4.78 is 16.6. The molecule has 6 nitrogen and oxygen atoms in total. The summed E-state index contributed by atoms with van der Waals surface area (Å²) in [7, 11) is -4.89. The van der Waals surface area contributed by atoms with Crippen molar-refractivity contribution in [2.24, 2.45) is 11.5 Å². The number of hydrogen-bond donors (Lipinski definition) is 4. The lowest BCUT2D eigenvalue weighted by molar-refractivity contribution is 0.0118. The maximum Gasteiger partial charge on any atom is 0.471 e. The summed E-state index contributed by atoms with van der Waals surface area (Å²) in [4.78, 5) is 18.8. The molecule has 7 heteroatoms. The summed E-state index contributed by atoms with van der Waals surface area (Å²) in [6, 6.07) is 10.1. The largest absolute Gasteiger partial charge is 0.471 e. The predicted octanol–water partition coefficient (Wildman–Crippen LogP) is 2.84. The molecule has 25 heavy (non-hydrogen) atoms. The van der Waals surface area contributed by atoms with E-state index in [9.17, 15) is 14.4 Å². The van der Waals surface area contributed by atoms with Gasteiger partial charge in [-0.25, -0.2) is 4.57 Å². The van der Waals surface area contributed by atoms with Crippen molar-refractivity contribution >= 4 is 7.82 Å². The third-order valence-corrected chi connectivity index (χ3v) is 4.55. The first-order valence-corrected chi connectivity index (χ1v) is 9.41. The molecule has 2 aromatic rings. The molecule has 0 unspecified atom stereocenters. The van der Waals surface area contributed by atoms with Gasteiger partial charge in [-0.2, -0.15) is 0 Å². The average Bonchev–Trinajstić information content (AvgIpc) is 2.42. The van der Waals surface area contributed by atoms with E-state index in [1.807, 2.05) is 52.0 Å². The van der Waals surface area contributed by atoms with Gasteiger partial charge in [-0.05, 0) is 33.3 Å². The molecule has 0 aliphatic carbocycles. The van der Waals surface area contributed by atoms with Crippen LogP contribution < -0.4 is 11.5 Å². The van der Waals surface area contributed by atoms with E-state index >= 15 is 0 Å². The van der Waals surface area contributed by atoms with E-state index in [2.05, 4.69) is 0 Å². The van der Waals surface area contributed by atoms with Gasteiger partial charge in [0.05, 0.1) is 6.04 Å². The SMILES string of the molecule is Cc1cc(C)cc([C@@H](N)[C@](N)(OP(=O)(O)O)c2cc(C)cc(C)c2)c1. The van der Waals surface area contributed by atoms with Crippen molar-refractivity contribution in [2.75, 3.05) is 0 Å². The van der Waals surface area contributed by atoms with Crippen LogP contribution in [0.25, 0.3) is 0 Å². The second kappa shape index (κ2) is 7.00. The minimum absolute atomic E-state index is 0.417. The number of phosphoric ester groups is 1. The van der Waals surface area contributed by atoms with Gasteiger partial charge in [0.2, 0.25) is 0 Å². The number of rotatable bonds is 5. The molecule has 0 bridgehead atoms. The normalized spacial score (nSPS) is 15.7. The Morgan fingerprint density at radius 3 is 1.72 bits per heavy atom. The van der Waals surface area contributed by atoms with Crippen molar-refractivity contribution in [3.05, 3.63) is 69.8 Å². The minimum atomic E-state index is -4.89.